The van der Waals surface area contributed by atoms with E-state index in [4.69, 9.17) is 44.3 Å². The second-order valence-electron chi connectivity index (χ2n) is 8.64. The van der Waals surface area contributed by atoms with E-state index in [0.717, 1.165) is 22.3 Å². The Kier molecular flexibility index (Phi) is 9.33. The molecule has 2 heterocycles. The standard InChI is InChI=1S/C24H26Cl3N5O4S/c1-14-19(13-37-23-29-30-31-32(23)2)35-21(36-20(14)17-7-5-16(12-33)6-8-17)18-9-3-15(4-10-18)11-28-22(34)24(25,26)27/h3-10,14,19-21,33H,11-13H2,1-2H3,(H,28,34)/t14-,19+,20+,21+/m0/s1. The van der Waals surface area contributed by atoms with Crippen molar-refractivity contribution in [2.75, 3.05) is 5.75 Å². The predicted octanol–water partition coefficient (Wildman–Crippen LogP) is 4.27. The number of hydrogen-bond acceptors (Lipinski definition) is 8. The minimum atomic E-state index is -2.01. The zero-order valence-electron chi connectivity index (χ0n) is 20.1. The summed E-state index contributed by atoms with van der Waals surface area (Å²) in [6, 6.07) is 15.2. The van der Waals surface area contributed by atoms with Gasteiger partial charge in [0.1, 0.15) is 0 Å². The zero-order chi connectivity index (χ0) is 26.6. The van der Waals surface area contributed by atoms with Gasteiger partial charge in [0.25, 0.3) is 9.70 Å². The van der Waals surface area contributed by atoms with E-state index in [1.807, 2.05) is 48.5 Å². The molecule has 0 aliphatic carbocycles. The molecule has 1 amide bonds. The highest BCUT2D eigenvalue weighted by molar-refractivity contribution is 7.99. The van der Waals surface area contributed by atoms with Crippen LogP contribution in [0.4, 0.5) is 0 Å². The molecule has 0 unspecified atom stereocenters. The third kappa shape index (κ3) is 7.14. The molecular weight excluding hydrogens is 561 g/mol. The molecule has 198 valence electrons. The molecule has 1 aliphatic heterocycles. The van der Waals surface area contributed by atoms with Crippen LogP contribution >= 0.6 is 46.6 Å². The van der Waals surface area contributed by atoms with Crippen molar-refractivity contribution in [2.45, 2.75) is 47.5 Å². The Bertz CT molecular complexity index is 1190. The van der Waals surface area contributed by atoms with Gasteiger partial charge in [-0.25, -0.2) is 4.68 Å². The molecule has 0 spiro atoms. The maximum Gasteiger partial charge on any atom is 0.272 e. The van der Waals surface area contributed by atoms with E-state index in [0.29, 0.717) is 10.9 Å². The summed E-state index contributed by atoms with van der Waals surface area (Å²) in [6.45, 7) is 2.28. The quantitative estimate of drug-likeness (QED) is 0.297. The van der Waals surface area contributed by atoms with Gasteiger partial charge in [0.05, 0.1) is 18.8 Å². The molecule has 0 radical (unpaired) electrons. The van der Waals surface area contributed by atoms with Crippen LogP contribution in [0.1, 0.15) is 41.6 Å². The topological polar surface area (TPSA) is 111 Å². The lowest BCUT2D eigenvalue weighted by atomic mass is 9.91. The summed E-state index contributed by atoms with van der Waals surface area (Å²) < 4.78 is 12.5. The summed E-state index contributed by atoms with van der Waals surface area (Å²) in [7, 11) is 1.79. The number of amides is 1. The van der Waals surface area contributed by atoms with E-state index in [-0.39, 0.29) is 31.3 Å². The van der Waals surface area contributed by atoms with E-state index >= 15 is 0 Å². The number of carbonyl (C=O) groups is 1. The first kappa shape index (κ1) is 28.1. The van der Waals surface area contributed by atoms with Crippen molar-refractivity contribution < 1.29 is 19.4 Å². The summed E-state index contributed by atoms with van der Waals surface area (Å²) in [5, 5.41) is 24.4. The molecule has 3 aromatic rings. The number of tetrazole rings is 1. The Balaban J connectivity index is 1.51. The van der Waals surface area contributed by atoms with Gasteiger partial charge < -0.3 is 19.9 Å². The largest absolute Gasteiger partial charge is 0.392 e. The molecule has 1 aromatic heterocycles. The van der Waals surface area contributed by atoms with Crippen molar-refractivity contribution in [3.8, 4) is 0 Å². The van der Waals surface area contributed by atoms with Crippen molar-refractivity contribution in [1.82, 2.24) is 25.5 Å². The van der Waals surface area contributed by atoms with E-state index in [1.54, 1.807) is 11.7 Å². The van der Waals surface area contributed by atoms with Gasteiger partial charge in [-0.1, -0.05) is 102 Å². The highest BCUT2D eigenvalue weighted by Crippen LogP contribution is 2.42. The van der Waals surface area contributed by atoms with Crippen LogP contribution in [0.25, 0.3) is 0 Å². The van der Waals surface area contributed by atoms with Crippen LogP contribution in [-0.4, -0.2) is 46.9 Å². The second-order valence-corrected chi connectivity index (χ2v) is 11.9. The smallest absolute Gasteiger partial charge is 0.272 e. The molecule has 0 saturated carbocycles. The number of carbonyl (C=O) groups excluding carboxylic acids is 1. The number of hydrogen-bond donors (Lipinski definition) is 2. The van der Waals surface area contributed by atoms with Gasteiger partial charge in [0, 0.05) is 30.8 Å². The van der Waals surface area contributed by atoms with E-state index in [2.05, 4.69) is 27.8 Å². The molecule has 4 rings (SSSR count). The van der Waals surface area contributed by atoms with Gasteiger partial charge in [-0.05, 0) is 27.1 Å². The van der Waals surface area contributed by atoms with Crippen LogP contribution in [0.15, 0.2) is 53.7 Å². The van der Waals surface area contributed by atoms with Crippen LogP contribution in [0.3, 0.4) is 0 Å². The van der Waals surface area contributed by atoms with Gasteiger partial charge in [-0.3, -0.25) is 4.79 Å². The average molecular weight is 587 g/mol. The molecule has 13 heteroatoms. The third-order valence-corrected chi connectivity index (χ3v) is 7.66. The number of aryl methyl sites for hydroxylation is 1. The lowest BCUT2D eigenvalue weighted by Crippen LogP contribution is -2.38. The highest BCUT2D eigenvalue weighted by atomic mass is 35.6. The monoisotopic (exact) mass is 585 g/mol. The number of benzene rings is 2. The SMILES string of the molecule is C[C@H]1[C@@H](CSc2nnnn2C)O[C@@H](c2ccc(CNC(=O)C(Cl)(Cl)Cl)cc2)O[C@H]1c1ccc(CO)cc1. The minimum absolute atomic E-state index is 0.0213. The molecule has 1 aliphatic rings. The van der Waals surface area contributed by atoms with Crippen LogP contribution in [0.2, 0.25) is 0 Å². The van der Waals surface area contributed by atoms with Crippen LogP contribution < -0.4 is 5.32 Å². The van der Waals surface area contributed by atoms with Crippen molar-refractivity contribution in [3.05, 3.63) is 70.8 Å². The van der Waals surface area contributed by atoms with Crippen LogP contribution in [0, 0.1) is 5.92 Å². The Morgan fingerprint density at radius 2 is 1.73 bits per heavy atom. The van der Waals surface area contributed by atoms with E-state index < -0.39 is 16.0 Å². The summed E-state index contributed by atoms with van der Waals surface area (Å²) in [6.07, 6.45) is -1.02. The third-order valence-electron chi connectivity index (χ3n) is 6.04. The van der Waals surface area contributed by atoms with Gasteiger partial charge in [-0.2, -0.15) is 0 Å². The molecule has 2 N–H and O–H groups in total. The highest BCUT2D eigenvalue weighted by Gasteiger charge is 2.38. The lowest BCUT2D eigenvalue weighted by Gasteiger charge is -2.41. The molecule has 0 bridgehead atoms. The first-order valence-corrected chi connectivity index (χ1v) is 13.6. The Hall–Kier alpha value is -1.92. The molecule has 2 aromatic carbocycles. The fourth-order valence-electron chi connectivity index (χ4n) is 3.89. The molecule has 1 saturated heterocycles. The van der Waals surface area contributed by atoms with Crippen LogP contribution in [-0.2, 0) is 34.5 Å². The Labute approximate surface area is 233 Å². The first-order valence-electron chi connectivity index (χ1n) is 11.5. The Morgan fingerprint density at radius 3 is 2.32 bits per heavy atom. The summed E-state index contributed by atoms with van der Waals surface area (Å²) in [4.78, 5) is 11.8. The number of aromatic nitrogens is 4. The summed E-state index contributed by atoms with van der Waals surface area (Å²) in [5.74, 6) is -0.0360. The van der Waals surface area contributed by atoms with Gasteiger partial charge >= 0.3 is 0 Å². The second kappa shape index (κ2) is 12.3. The normalized spacial score (nSPS) is 22.1. The summed E-state index contributed by atoms with van der Waals surface area (Å²) >= 11 is 18.3. The van der Waals surface area contributed by atoms with Gasteiger partial charge in [0.15, 0.2) is 6.29 Å². The maximum atomic E-state index is 11.8. The molecular formula is C24H26Cl3N5O4S. The van der Waals surface area contributed by atoms with Crippen LogP contribution in [0.5, 0.6) is 0 Å². The molecule has 4 atom stereocenters. The zero-order valence-corrected chi connectivity index (χ0v) is 23.1. The molecule has 9 nitrogen and oxygen atoms in total. The first-order chi connectivity index (χ1) is 17.7. The molecule has 1 fully saturated rings. The number of rotatable bonds is 8. The molecule has 37 heavy (non-hydrogen) atoms. The number of nitrogens with zero attached hydrogens (tertiary/aromatic N) is 4. The number of aliphatic hydroxyl groups is 1. The van der Waals surface area contributed by atoms with Crippen molar-refractivity contribution in [1.29, 1.82) is 0 Å². The van der Waals surface area contributed by atoms with E-state index in [1.165, 1.54) is 11.8 Å². The number of aliphatic hydroxyl groups excluding tert-OH is 1. The number of nitrogens with one attached hydrogen (secondary N) is 1. The van der Waals surface area contributed by atoms with E-state index in [9.17, 15) is 9.90 Å². The number of thioether (sulfide) groups is 1. The van der Waals surface area contributed by atoms with Gasteiger partial charge in [-0.15, -0.1) is 5.10 Å². The fourth-order valence-corrected chi connectivity index (χ4v) is 5.10. The van der Waals surface area contributed by atoms with Gasteiger partial charge in [0.2, 0.25) is 5.16 Å². The van der Waals surface area contributed by atoms with Crippen molar-refractivity contribution in [3.63, 3.8) is 0 Å². The predicted molar refractivity (Wildman–Crippen MR) is 141 cm³/mol. The maximum absolute atomic E-state index is 11.8. The Morgan fingerprint density at radius 1 is 1.08 bits per heavy atom. The number of ether oxygens (including phenoxy) is 2. The summed E-state index contributed by atoms with van der Waals surface area (Å²) in [5.41, 5.74) is 3.49. The number of halogens is 3. The number of alkyl halides is 3. The van der Waals surface area contributed by atoms with Crippen molar-refractivity contribution >= 4 is 52.5 Å². The van der Waals surface area contributed by atoms with Crippen molar-refractivity contribution in [2.24, 2.45) is 13.0 Å². The average Bonchev–Trinajstić information content (AvgIpc) is 3.31. The minimum Gasteiger partial charge on any atom is -0.392 e. The lowest BCUT2D eigenvalue weighted by molar-refractivity contribution is -0.268. The fraction of sp³-hybridized carbons (Fsp3) is 0.417.